The van der Waals surface area contributed by atoms with Crippen molar-refractivity contribution in [3.05, 3.63) is 39.5 Å². The summed E-state index contributed by atoms with van der Waals surface area (Å²) in [5.74, 6) is 0.190. The first-order valence-electron chi connectivity index (χ1n) is 8.33. The summed E-state index contributed by atoms with van der Waals surface area (Å²) in [5, 5.41) is 5.85. The number of aryl methyl sites for hydroxylation is 1. The Morgan fingerprint density at radius 2 is 2.11 bits per heavy atom. The molecule has 3 aromatic rings. The van der Waals surface area contributed by atoms with E-state index < -0.39 is 10.0 Å². The van der Waals surface area contributed by atoms with Gasteiger partial charge in [-0.3, -0.25) is 4.79 Å². The summed E-state index contributed by atoms with van der Waals surface area (Å²) in [6.07, 6.45) is 0. The Balaban J connectivity index is 1.75. The van der Waals surface area contributed by atoms with E-state index in [1.54, 1.807) is 18.0 Å². The predicted octanol–water partition coefficient (Wildman–Crippen LogP) is 3.17. The van der Waals surface area contributed by atoms with Crippen LogP contribution in [0.1, 0.15) is 11.8 Å². The van der Waals surface area contributed by atoms with E-state index in [0.717, 1.165) is 10.4 Å². The Labute approximate surface area is 176 Å². The summed E-state index contributed by atoms with van der Waals surface area (Å²) >= 11 is 8.70. The average Bonchev–Trinajstić information content (AvgIpc) is 3.20. The Morgan fingerprint density at radius 1 is 1.36 bits per heavy atom. The number of thioether (sulfide) groups is 1. The van der Waals surface area contributed by atoms with E-state index in [1.807, 2.05) is 23.6 Å². The topological polar surface area (TPSA) is 98.3 Å². The van der Waals surface area contributed by atoms with Gasteiger partial charge in [-0.15, -0.1) is 11.3 Å². The molecule has 0 bridgehead atoms. The lowest BCUT2D eigenvalue weighted by atomic mass is 10.3. The van der Waals surface area contributed by atoms with Crippen molar-refractivity contribution in [2.45, 2.75) is 30.1 Å². The van der Waals surface area contributed by atoms with E-state index >= 15 is 0 Å². The van der Waals surface area contributed by atoms with Crippen LogP contribution in [0.3, 0.4) is 0 Å². The van der Waals surface area contributed by atoms with Crippen LogP contribution in [0, 0.1) is 0 Å². The van der Waals surface area contributed by atoms with Crippen molar-refractivity contribution in [3.63, 3.8) is 0 Å². The Kier molecular flexibility index (Phi) is 6.35. The van der Waals surface area contributed by atoms with Gasteiger partial charge in [0.15, 0.2) is 5.16 Å². The molecule has 0 saturated heterocycles. The number of amides is 1. The predicted molar refractivity (Wildman–Crippen MR) is 113 cm³/mol. The maximum Gasteiger partial charge on any atom is 0.238 e. The molecule has 0 spiro atoms. The average molecular weight is 459 g/mol. The molecule has 0 aliphatic carbocycles. The molecule has 2 aromatic heterocycles. The number of hydrogen-bond donors (Lipinski definition) is 1. The highest BCUT2D eigenvalue weighted by molar-refractivity contribution is 7.99. The number of halogens is 1. The number of aromatic nitrogens is 2. The number of sulfonamides is 1. The van der Waals surface area contributed by atoms with Crippen LogP contribution in [0.2, 0.25) is 4.34 Å². The van der Waals surface area contributed by atoms with E-state index in [1.165, 1.54) is 35.2 Å². The maximum atomic E-state index is 12.5. The molecule has 0 aliphatic rings. The van der Waals surface area contributed by atoms with Crippen molar-refractivity contribution in [2.24, 2.45) is 5.14 Å². The number of hydrogen-bond acceptors (Lipinski definition) is 6. The van der Waals surface area contributed by atoms with Gasteiger partial charge in [-0.25, -0.2) is 18.5 Å². The van der Waals surface area contributed by atoms with Gasteiger partial charge in [0.1, 0.15) is 0 Å². The summed E-state index contributed by atoms with van der Waals surface area (Å²) in [4.78, 5) is 19.6. The fourth-order valence-electron chi connectivity index (χ4n) is 2.68. The van der Waals surface area contributed by atoms with E-state index in [4.69, 9.17) is 16.7 Å². The lowest BCUT2D eigenvalue weighted by molar-refractivity contribution is -0.127. The Bertz CT molecular complexity index is 1120. The number of thiophene rings is 1. The number of nitrogens with zero attached hydrogens (tertiary/aromatic N) is 3. The van der Waals surface area contributed by atoms with Crippen molar-refractivity contribution in [3.8, 4) is 0 Å². The first-order valence-corrected chi connectivity index (χ1v) is 12.1. The lowest BCUT2D eigenvalue weighted by Crippen LogP contribution is -2.27. The van der Waals surface area contributed by atoms with Gasteiger partial charge in [-0.05, 0) is 37.3 Å². The molecular weight excluding hydrogens is 440 g/mol. The number of benzene rings is 1. The summed E-state index contributed by atoms with van der Waals surface area (Å²) in [7, 11) is -2.05. The first kappa shape index (κ1) is 21.1. The van der Waals surface area contributed by atoms with Gasteiger partial charge < -0.3 is 9.47 Å². The molecule has 0 aliphatic heterocycles. The lowest BCUT2D eigenvalue weighted by Gasteiger charge is -2.16. The van der Waals surface area contributed by atoms with Crippen molar-refractivity contribution < 1.29 is 13.2 Å². The molecule has 0 fully saturated rings. The molecule has 1 amide bonds. The minimum absolute atomic E-state index is 0.0164. The third kappa shape index (κ3) is 4.69. The Morgan fingerprint density at radius 3 is 2.71 bits per heavy atom. The van der Waals surface area contributed by atoms with Crippen LogP contribution in [0.25, 0.3) is 11.0 Å². The van der Waals surface area contributed by atoms with Crippen molar-refractivity contribution in [2.75, 3.05) is 12.8 Å². The summed E-state index contributed by atoms with van der Waals surface area (Å²) in [6.45, 7) is 3.11. The molecule has 1 aromatic carbocycles. The molecule has 2 heterocycles. The highest BCUT2D eigenvalue weighted by Gasteiger charge is 2.17. The smallest absolute Gasteiger partial charge is 0.238 e. The number of rotatable bonds is 7. The third-order valence-corrected chi connectivity index (χ3v) is 7.19. The number of imidazole rings is 1. The number of primary sulfonamides is 1. The molecule has 7 nitrogen and oxygen atoms in total. The Hall–Kier alpha value is -1.59. The summed E-state index contributed by atoms with van der Waals surface area (Å²) in [5.41, 5.74) is 1.33. The van der Waals surface area contributed by atoms with Crippen LogP contribution >= 0.6 is 34.7 Å². The van der Waals surface area contributed by atoms with Crippen molar-refractivity contribution in [1.82, 2.24) is 14.5 Å². The fourth-order valence-corrected chi connectivity index (χ4v) is 5.37. The second-order valence-corrected chi connectivity index (χ2v) is 10.4. The monoisotopic (exact) mass is 458 g/mol. The molecule has 150 valence electrons. The normalized spacial score (nSPS) is 11.9. The van der Waals surface area contributed by atoms with Crippen LogP contribution in [0.5, 0.6) is 0 Å². The van der Waals surface area contributed by atoms with Crippen molar-refractivity contribution >= 4 is 61.7 Å². The van der Waals surface area contributed by atoms with Crippen LogP contribution < -0.4 is 5.14 Å². The van der Waals surface area contributed by atoms with Gasteiger partial charge >= 0.3 is 0 Å². The SMILES string of the molecule is CCn1c(SCC(=O)N(C)Cc2ccc(Cl)s2)nc2cc(S(N)(=O)=O)ccc21. The quantitative estimate of drug-likeness (QED) is 0.548. The molecule has 3 rings (SSSR count). The molecule has 28 heavy (non-hydrogen) atoms. The standard InChI is InChI=1S/C17H19ClN4O3S3/c1-3-22-14-6-5-12(28(19,24)25)8-13(14)20-17(22)26-10-16(23)21(2)9-11-4-7-15(18)27-11/h4-8H,3,9-10H2,1-2H3,(H2,19,24,25). The number of nitrogens with two attached hydrogens (primary N) is 1. The maximum absolute atomic E-state index is 12.5. The van der Waals surface area contributed by atoms with E-state index in [-0.39, 0.29) is 16.6 Å². The molecule has 11 heteroatoms. The van der Waals surface area contributed by atoms with E-state index in [0.29, 0.717) is 28.1 Å². The molecule has 0 radical (unpaired) electrons. The van der Waals surface area contributed by atoms with Crippen LogP contribution in [-0.4, -0.2) is 41.6 Å². The molecule has 0 saturated carbocycles. The highest BCUT2D eigenvalue weighted by atomic mass is 35.5. The molecule has 2 N–H and O–H groups in total. The van der Waals surface area contributed by atoms with Gasteiger partial charge in [0, 0.05) is 18.5 Å². The zero-order valence-electron chi connectivity index (χ0n) is 15.3. The second kappa shape index (κ2) is 8.42. The van der Waals surface area contributed by atoms with E-state index in [2.05, 4.69) is 4.98 Å². The zero-order valence-corrected chi connectivity index (χ0v) is 18.5. The summed E-state index contributed by atoms with van der Waals surface area (Å²) in [6, 6.07) is 8.32. The molecular formula is C17H19ClN4O3S3. The van der Waals surface area contributed by atoms with Gasteiger partial charge in [0.25, 0.3) is 0 Å². The minimum atomic E-state index is -3.79. The number of carbonyl (C=O) groups is 1. The van der Waals surface area contributed by atoms with Gasteiger partial charge in [0.2, 0.25) is 15.9 Å². The molecule has 0 atom stereocenters. The summed E-state index contributed by atoms with van der Waals surface area (Å²) < 4.78 is 25.8. The minimum Gasteiger partial charge on any atom is -0.340 e. The number of fused-ring (bicyclic) bond motifs is 1. The van der Waals surface area contributed by atoms with Crippen molar-refractivity contribution in [1.29, 1.82) is 0 Å². The van der Waals surface area contributed by atoms with Crippen LogP contribution in [-0.2, 0) is 27.9 Å². The van der Waals surface area contributed by atoms with Gasteiger partial charge in [-0.2, -0.15) is 0 Å². The fraction of sp³-hybridized carbons (Fsp3) is 0.294. The third-order valence-electron chi connectivity index (χ3n) is 4.10. The number of carbonyl (C=O) groups excluding carboxylic acids is 1. The first-order chi connectivity index (χ1) is 13.2. The second-order valence-electron chi connectivity index (χ2n) is 6.08. The molecule has 0 unspecified atom stereocenters. The van der Waals surface area contributed by atoms with Crippen LogP contribution in [0.4, 0.5) is 0 Å². The van der Waals surface area contributed by atoms with Gasteiger partial charge in [0.05, 0.1) is 32.6 Å². The largest absolute Gasteiger partial charge is 0.340 e. The van der Waals surface area contributed by atoms with E-state index in [9.17, 15) is 13.2 Å². The highest BCUT2D eigenvalue weighted by Crippen LogP contribution is 2.27. The van der Waals surface area contributed by atoms with Crippen LogP contribution in [0.15, 0.2) is 40.4 Å². The zero-order chi connectivity index (χ0) is 20.5. The van der Waals surface area contributed by atoms with Gasteiger partial charge in [-0.1, -0.05) is 23.4 Å².